The summed E-state index contributed by atoms with van der Waals surface area (Å²) < 4.78 is 10.1. The first kappa shape index (κ1) is 15.9. The van der Waals surface area contributed by atoms with Crippen molar-refractivity contribution in [2.24, 2.45) is 0 Å². The largest absolute Gasteiger partial charge is 0.469 e. The lowest BCUT2D eigenvalue weighted by Crippen LogP contribution is -2.36. The molecule has 0 bridgehead atoms. The quantitative estimate of drug-likeness (QED) is 0.669. The monoisotopic (exact) mass is 272 g/mol. The Kier molecular flexibility index (Phi) is 7.43. The van der Waals surface area contributed by atoms with E-state index in [1.165, 1.54) is 7.11 Å². The second kappa shape index (κ2) is 8.87. The summed E-state index contributed by atoms with van der Waals surface area (Å²) >= 11 is 0. The molecule has 1 rings (SSSR count). The van der Waals surface area contributed by atoms with E-state index in [1.54, 1.807) is 11.9 Å². The van der Waals surface area contributed by atoms with Gasteiger partial charge in [-0.1, -0.05) is 0 Å². The lowest BCUT2D eigenvalue weighted by Gasteiger charge is -2.24. The molecule has 19 heavy (non-hydrogen) atoms. The maximum Gasteiger partial charge on any atom is 0.305 e. The second-order valence-corrected chi connectivity index (χ2v) is 4.76. The molecule has 0 saturated carbocycles. The van der Waals surface area contributed by atoms with Crippen LogP contribution in [0.1, 0.15) is 25.7 Å². The summed E-state index contributed by atoms with van der Waals surface area (Å²) in [5, 5.41) is 3.25. The first-order valence-corrected chi connectivity index (χ1v) is 6.76. The highest BCUT2D eigenvalue weighted by Crippen LogP contribution is 2.07. The van der Waals surface area contributed by atoms with Crippen LogP contribution in [0, 0.1) is 0 Å². The lowest BCUT2D eigenvalue weighted by molar-refractivity contribution is -0.142. The molecule has 1 amide bonds. The highest BCUT2D eigenvalue weighted by molar-refractivity contribution is 5.77. The molecule has 0 radical (unpaired) electrons. The summed E-state index contributed by atoms with van der Waals surface area (Å²) in [5.74, 6) is -0.282. The zero-order valence-corrected chi connectivity index (χ0v) is 11.8. The van der Waals surface area contributed by atoms with E-state index < -0.39 is 0 Å². The summed E-state index contributed by atoms with van der Waals surface area (Å²) in [6.45, 7) is 2.57. The maximum atomic E-state index is 11.8. The van der Waals surface area contributed by atoms with Crippen molar-refractivity contribution in [1.29, 1.82) is 0 Å². The van der Waals surface area contributed by atoms with Crippen LogP contribution in [0.15, 0.2) is 0 Å². The van der Waals surface area contributed by atoms with Crippen molar-refractivity contribution in [3.8, 4) is 0 Å². The highest BCUT2D eigenvalue weighted by Gasteiger charge is 2.16. The summed E-state index contributed by atoms with van der Waals surface area (Å²) in [7, 11) is 3.09. The Morgan fingerprint density at radius 2 is 2.00 bits per heavy atom. The van der Waals surface area contributed by atoms with Crippen LogP contribution in [0.25, 0.3) is 0 Å². The number of piperidine rings is 1. The van der Waals surface area contributed by atoms with Crippen LogP contribution in [0.5, 0.6) is 0 Å². The zero-order chi connectivity index (χ0) is 14.1. The third kappa shape index (κ3) is 6.54. The van der Waals surface area contributed by atoms with E-state index in [0.717, 1.165) is 25.9 Å². The molecule has 1 aliphatic heterocycles. The second-order valence-electron chi connectivity index (χ2n) is 4.76. The first-order valence-electron chi connectivity index (χ1n) is 6.76. The molecule has 0 aromatic rings. The van der Waals surface area contributed by atoms with Crippen LogP contribution in [0.3, 0.4) is 0 Å². The first-order chi connectivity index (χ1) is 9.13. The van der Waals surface area contributed by atoms with E-state index in [2.05, 4.69) is 10.1 Å². The molecule has 0 unspecified atom stereocenters. The summed E-state index contributed by atoms with van der Waals surface area (Å²) in [6, 6.07) is 0. The number of nitrogens with zero attached hydrogens (tertiary/aromatic N) is 1. The van der Waals surface area contributed by atoms with Crippen molar-refractivity contribution >= 4 is 11.9 Å². The van der Waals surface area contributed by atoms with Gasteiger partial charge < -0.3 is 19.7 Å². The van der Waals surface area contributed by atoms with Crippen molar-refractivity contribution in [2.75, 3.05) is 40.4 Å². The van der Waals surface area contributed by atoms with Crippen LogP contribution in [-0.2, 0) is 19.1 Å². The molecule has 0 spiro atoms. The number of amides is 1. The number of rotatable bonds is 7. The van der Waals surface area contributed by atoms with Gasteiger partial charge in [0, 0.05) is 20.0 Å². The average molecular weight is 272 g/mol. The molecule has 0 aromatic carbocycles. The topological polar surface area (TPSA) is 67.9 Å². The normalized spacial score (nSPS) is 16.1. The molecule has 110 valence electrons. The Morgan fingerprint density at radius 1 is 1.32 bits per heavy atom. The number of methoxy groups -OCH3 is 1. The molecule has 1 heterocycles. The summed E-state index contributed by atoms with van der Waals surface area (Å²) in [6.07, 6.45) is 3.05. The van der Waals surface area contributed by atoms with Gasteiger partial charge >= 0.3 is 5.97 Å². The van der Waals surface area contributed by atoms with Crippen LogP contribution in [-0.4, -0.2) is 63.3 Å². The molecule has 1 saturated heterocycles. The van der Waals surface area contributed by atoms with Crippen molar-refractivity contribution in [1.82, 2.24) is 10.2 Å². The fourth-order valence-electron chi connectivity index (χ4n) is 1.95. The molecule has 0 aliphatic carbocycles. The number of carbonyl (C=O) groups excluding carboxylic acids is 2. The minimum atomic E-state index is -0.244. The summed E-state index contributed by atoms with van der Waals surface area (Å²) in [4.78, 5) is 24.3. The van der Waals surface area contributed by atoms with Crippen molar-refractivity contribution in [3.63, 3.8) is 0 Å². The zero-order valence-electron chi connectivity index (χ0n) is 11.8. The minimum absolute atomic E-state index is 0.0385. The summed E-state index contributed by atoms with van der Waals surface area (Å²) in [5.41, 5.74) is 0. The van der Waals surface area contributed by atoms with E-state index in [4.69, 9.17) is 4.74 Å². The van der Waals surface area contributed by atoms with Crippen molar-refractivity contribution < 1.29 is 19.1 Å². The predicted octanol–water partition coefficient (Wildman–Crippen LogP) is 0.167. The molecule has 6 nitrogen and oxygen atoms in total. The highest BCUT2D eigenvalue weighted by atomic mass is 16.5. The van der Waals surface area contributed by atoms with Gasteiger partial charge in [-0.15, -0.1) is 0 Å². The molecule has 6 heteroatoms. The third-order valence-electron chi connectivity index (χ3n) is 3.26. The van der Waals surface area contributed by atoms with Crippen molar-refractivity contribution in [3.05, 3.63) is 0 Å². The Morgan fingerprint density at radius 3 is 2.63 bits per heavy atom. The van der Waals surface area contributed by atoms with Gasteiger partial charge in [0.05, 0.1) is 13.2 Å². The molecule has 1 N–H and O–H groups in total. The fourth-order valence-corrected chi connectivity index (χ4v) is 1.95. The molecule has 1 aliphatic rings. The molecular weight excluding hydrogens is 248 g/mol. The Hall–Kier alpha value is -1.14. The number of hydrogen-bond acceptors (Lipinski definition) is 5. The van der Waals surface area contributed by atoms with Gasteiger partial charge in [-0.2, -0.15) is 0 Å². The van der Waals surface area contributed by atoms with Crippen molar-refractivity contribution in [2.45, 2.75) is 31.8 Å². The van der Waals surface area contributed by atoms with Crippen LogP contribution >= 0.6 is 0 Å². The number of esters is 1. The van der Waals surface area contributed by atoms with Gasteiger partial charge in [0.2, 0.25) is 5.91 Å². The Bertz CT molecular complexity index is 290. The lowest BCUT2D eigenvalue weighted by atomic mass is 10.1. The van der Waals surface area contributed by atoms with Gasteiger partial charge in [0.15, 0.2) is 0 Å². The Labute approximate surface area is 114 Å². The third-order valence-corrected chi connectivity index (χ3v) is 3.26. The van der Waals surface area contributed by atoms with Gasteiger partial charge in [0.25, 0.3) is 0 Å². The van der Waals surface area contributed by atoms with E-state index >= 15 is 0 Å². The Balaban J connectivity index is 2.11. The average Bonchev–Trinajstić information content (AvgIpc) is 2.45. The fraction of sp³-hybridized carbons (Fsp3) is 0.846. The predicted molar refractivity (Wildman–Crippen MR) is 70.7 cm³/mol. The molecule has 0 aromatic heterocycles. The molecular formula is C13H24N2O4. The van der Waals surface area contributed by atoms with Crippen LogP contribution in [0.4, 0.5) is 0 Å². The number of hydrogen-bond donors (Lipinski definition) is 1. The number of likely N-dealkylation sites (N-methyl/N-ethyl adjacent to an activating group) is 1. The van der Waals surface area contributed by atoms with Gasteiger partial charge in [0.1, 0.15) is 6.61 Å². The van der Waals surface area contributed by atoms with E-state index in [9.17, 15) is 9.59 Å². The minimum Gasteiger partial charge on any atom is -0.469 e. The number of carbonyl (C=O) groups is 2. The molecule has 0 atom stereocenters. The van der Waals surface area contributed by atoms with Gasteiger partial charge in [-0.05, 0) is 32.4 Å². The van der Waals surface area contributed by atoms with Gasteiger partial charge in [-0.3, -0.25) is 9.59 Å². The molecule has 1 fully saturated rings. The van der Waals surface area contributed by atoms with Gasteiger partial charge in [-0.25, -0.2) is 0 Å². The SMILES string of the molecule is COC(=O)CCCN(C)C(=O)COC1CCNCC1. The number of ether oxygens (including phenoxy) is 2. The maximum absolute atomic E-state index is 11.8. The van der Waals surface area contributed by atoms with E-state index in [0.29, 0.717) is 19.4 Å². The van der Waals surface area contributed by atoms with E-state index in [-0.39, 0.29) is 24.6 Å². The number of nitrogens with one attached hydrogen (secondary N) is 1. The van der Waals surface area contributed by atoms with E-state index in [1.807, 2.05) is 0 Å². The standard InChI is InChI=1S/C13H24N2O4/c1-15(9-3-4-13(17)18-2)12(16)10-19-11-5-7-14-8-6-11/h11,14H,3-10H2,1-2H3. The van der Waals surface area contributed by atoms with Crippen LogP contribution < -0.4 is 5.32 Å². The smallest absolute Gasteiger partial charge is 0.305 e. The van der Waals surface area contributed by atoms with Crippen LogP contribution in [0.2, 0.25) is 0 Å².